The zero-order valence-electron chi connectivity index (χ0n) is 14.3. The second kappa shape index (κ2) is 7.58. The Labute approximate surface area is 156 Å². The number of rotatable bonds is 4. The van der Waals surface area contributed by atoms with Crippen molar-refractivity contribution in [3.63, 3.8) is 0 Å². The zero-order valence-corrected chi connectivity index (χ0v) is 15.9. The molecule has 1 aromatic carbocycles. The van der Waals surface area contributed by atoms with Crippen LogP contribution in [0.15, 0.2) is 30.3 Å². The van der Waals surface area contributed by atoms with Gasteiger partial charge < -0.3 is 10.2 Å². The van der Waals surface area contributed by atoms with E-state index in [1.807, 2.05) is 24.8 Å². The smallest absolute Gasteiger partial charge is 0.261 e. The molecular weight excluding hydrogens is 356 g/mol. The number of thiophene rings is 1. The Bertz CT molecular complexity index is 785. The molecule has 0 saturated carbocycles. The number of carbonyl (C=O) groups is 2. The van der Waals surface area contributed by atoms with Crippen molar-refractivity contribution < 1.29 is 9.59 Å². The monoisotopic (exact) mass is 376 g/mol. The molecule has 1 aliphatic heterocycles. The Morgan fingerprint density at radius 1 is 1.32 bits per heavy atom. The van der Waals surface area contributed by atoms with Crippen LogP contribution in [0.3, 0.4) is 0 Å². The quantitative estimate of drug-likeness (QED) is 0.872. The molecule has 0 spiro atoms. The number of nitrogens with one attached hydrogen (secondary N) is 1. The molecule has 2 heterocycles. The molecule has 3 rings (SSSR count). The largest absolute Gasteiger partial charge is 0.349 e. The molecule has 1 unspecified atom stereocenters. The number of amides is 2. The lowest BCUT2D eigenvalue weighted by atomic mass is 10.1. The van der Waals surface area contributed by atoms with Gasteiger partial charge in [0.2, 0.25) is 0 Å². The number of benzene rings is 1. The summed E-state index contributed by atoms with van der Waals surface area (Å²) in [6.45, 7) is 5.26. The van der Waals surface area contributed by atoms with Crippen LogP contribution >= 0.6 is 22.9 Å². The van der Waals surface area contributed by atoms with Gasteiger partial charge in [0.15, 0.2) is 0 Å². The van der Waals surface area contributed by atoms with Crippen LogP contribution in [-0.2, 0) is 13.0 Å². The Morgan fingerprint density at radius 3 is 2.72 bits per heavy atom. The van der Waals surface area contributed by atoms with Crippen molar-refractivity contribution in [1.29, 1.82) is 0 Å². The van der Waals surface area contributed by atoms with E-state index in [1.165, 1.54) is 16.2 Å². The predicted molar refractivity (Wildman–Crippen MR) is 101 cm³/mol. The van der Waals surface area contributed by atoms with Gasteiger partial charge >= 0.3 is 0 Å². The molecule has 1 aliphatic rings. The van der Waals surface area contributed by atoms with Gasteiger partial charge in [0.05, 0.1) is 4.88 Å². The van der Waals surface area contributed by atoms with Gasteiger partial charge in [-0.3, -0.25) is 9.59 Å². The Kier molecular flexibility index (Phi) is 5.45. The second-order valence-electron chi connectivity index (χ2n) is 6.33. The first kappa shape index (κ1) is 18.0. The number of nitrogens with zero attached hydrogens (tertiary/aromatic N) is 1. The van der Waals surface area contributed by atoms with Crippen molar-refractivity contribution in [3.8, 4) is 0 Å². The highest BCUT2D eigenvalue weighted by molar-refractivity contribution is 7.14. The SMILES string of the molecule is CCC(C)NC(=O)c1cc2c(s1)CCN(C(=O)c1ccc(Cl)cc1)C2. The zero-order chi connectivity index (χ0) is 18.0. The van der Waals surface area contributed by atoms with Crippen LogP contribution in [0.25, 0.3) is 0 Å². The van der Waals surface area contributed by atoms with E-state index in [0.717, 1.165) is 23.3 Å². The van der Waals surface area contributed by atoms with Crippen molar-refractivity contribution in [2.75, 3.05) is 6.54 Å². The lowest BCUT2D eigenvalue weighted by Gasteiger charge is -2.27. The van der Waals surface area contributed by atoms with E-state index in [0.29, 0.717) is 23.7 Å². The van der Waals surface area contributed by atoms with E-state index in [1.54, 1.807) is 24.3 Å². The van der Waals surface area contributed by atoms with E-state index in [9.17, 15) is 9.59 Å². The lowest BCUT2D eigenvalue weighted by Crippen LogP contribution is -2.35. The minimum absolute atomic E-state index is 0.000812. The second-order valence-corrected chi connectivity index (χ2v) is 7.90. The average Bonchev–Trinajstić information content (AvgIpc) is 3.05. The molecular formula is C19H21ClN2O2S. The number of fused-ring (bicyclic) bond motifs is 1. The van der Waals surface area contributed by atoms with Gasteiger partial charge in [-0.05, 0) is 55.7 Å². The van der Waals surface area contributed by atoms with E-state index in [2.05, 4.69) is 5.32 Å². The molecule has 25 heavy (non-hydrogen) atoms. The van der Waals surface area contributed by atoms with Gasteiger partial charge in [-0.2, -0.15) is 0 Å². The maximum atomic E-state index is 12.7. The summed E-state index contributed by atoms with van der Waals surface area (Å²) >= 11 is 7.43. The van der Waals surface area contributed by atoms with Gasteiger partial charge in [0, 0.05) is 34.6 Å². The molecule has 0 radical (unpaired) electrons. The summed E-state index contributed by atoms with van der Waals surface area (Å²) in [6.07, 6.45) is 1.69. The maximum absolute atomic E-state index is 12.7. The van der Waals surface area contributed by atoms with E-state index < -0.39 is 0 Å². The highest BCUT2D eigenvalue weighted by Gasteiger charge is 2.25. The summed E-state index contributed by atoms with van der Waals surface area (Å²) < 4.78 is 0. The summed E-state index contributed by atoms with van der Waals surface area (Å²) in [4.78, 5) is 28.7. The molecule has 132 valence electrons. The highest BCUT2D eigenvalue weighted by atomic mass is 35.5. The fraction of sp³-hybridized carbons (Fsp3) is 0.368. The summed E-state index contributed by atoms with van der Waals surface area (Å²) in [5, 5.41) is 3.62. The molecule has 1 atom stereocenters. The van der Waals surface area contributed by atoms with Crippen LogP contribution in [-0.4, -0.2) is 29.3 Å². The van der Waals surface area contributed by atoms with Crippen LogP contribution in [0.4, 0.5) is 0 Å². The van der Waals surface area contributed by atoms with Crippen LogP contribution < -0.4 is 5.32 Å². The first-order valence-electron chi connectivity index (χ1n) is 8.45. The highest BCUT2D eigenvalue weighted by Crippen LogP contribution is 2.29. The van der Waals surface area contributed by atoms with Crippen LogP contribution in [0, 0.1) is 0 Å². The average molecular weight is 377 g/mol. The van der Waals surface area contributed by atoms with Gasteiger partial charge in [-0.25, -0.2) is 0 Å². The van der Waals surface area contributed by atoms with Gasteiger partial charge in [0.1, 0.15) is 0 Å². The van der Waals surface area contributed by atoms with Crippen LogP contribution in [0.1, 0.15) is 50.7 Å². The standard InChI is InChI=1S/C19H21ClN2O2S/c1-3-12(2)21-18(23)17-10-14-11-22(9-8-16(14)25-17)19(24)13-4-6-15(20)7-5-13/h4-7,10,12H,3,8-9,11H2,1-2H3,(H,21,23). The van der Waals surface area contributed by atoms with E-state index in [4.69, 9.17) is 11.6 Å². The molecule has 1 aromatic heterocycles. The Hall–Kier alpha value is -1.85. The van der Waals surface area contributed by atoms with Gasteiger partial charge in [-0.1, -0.05) is 18.5 Å². The molecule has 0 bridgehead atoms. The fourth-order valence-corrected chi connectivity index (χ4v) is 3.98. The van der Waals surface area contributed by atoms with Gasteiger partial charge in [-0.15, -0.1) is 11.3 Å². The van der Waals surface area contributed by atoms with Crippen molar-refractivity contribution in [2.45, 2.75) is 39.3 Å². The minimum atomic E-state index is -0.0238. The predicted octanol–water partition coefficient (Wildman–Crippen LogP) is 4.13. The summed E-state index contributed by atoms with van der Waals surface area (Å²) in [5.41, 5.74) is 1.71. The first-order chi connectivity index (χ1) is 12.0. The topological polar surface area (TPSA) is 49.4 Å². The minimum Gasteiger partial charge on any atom is -0.349 e. The maximum Gasteiger partial charge on any atom is 0.261 e. The molecule has 0 fully saturated rings. The summed E-state index contributed by atoms with van der Waals surface area (Å²) in [5.74, 6) is -0.0246. The number of hydrogen-bond donors (Lipinski definition) is 1. The molecule has 0 saturated heterocycles. The lowest BCUT2D eigenvalue weighted by molar-refractivity contribution is 0.0736. The third-order valence-corrected chi connectivity index (χ3v) is 5.95. The van der Waals surface area contributed by atoms with Crippen molar-refractivity contribution in [3.05, 3.63) is 56.2 Å². The molecule has 1 N–H and O–H groups in total. The van der Waals surface area contributed by atoms with E-state index in [-0.39, 0.29) is 17.9 Å². The summed E-state index contributed by atoms with van der Waals surface area (Å²) in [7, 11) is 0. The number of carbonyl (C=O) groups excluding carboxylic acids is 2. The molecule has 6 heteroatoms. The normalized spacial score (nSPS) is 14.8. The van der Waals surface area contributed by atoms with Gasteiger partial charge in [0.25, 0.3) is 11.8 Å². The Morgan fingerprint density at radius 2 is 2.04 bits per heavy atom. The van der Waals surface area contributed by atoms with Crippen molar-refractivity contribution >= 4 is 34.8 Å². The van der Waals surface area contributed by atoms with Crippen molar-refractivity contribution in [2.24, 2.45) is 0 Å². The molecule has 0 aliphatic carbocycles. The third kappa shape index (κ3) is 4.05. The van der Waals surface area contributed by atoms with Crippen LogP contribution in [0.2, 0.25) is 5.02 Å². The Balaban J connectivity index is 1.72. The summed E-state index contributed by atoms with van der Waals surface area (Å²) in [6, 6.07) is 9.05. The first-order valence-corrected chi connectivity index (χ1v) is 9.64. The van der Waals surface area contributed by atoms with Crippen LogP contribution in [0.5, 0.6) is 0 Å². The van der Waals surface area contributed by atoms with E-state index >= 15 is 0 Å². The molecule has 2 aromatic rings. The third-order valence-electron chi connectivity index (χ3n) is 4.46. The van der Waals surface area contributed by atoms with Crippen molar-refractivity contribution in [1.82, 2.24) is 10.2 Å². The molecule has 2 amide bonds. The fourth-order valence-electron chi connectivity index (χ4n) is 2.79. The molecule has 4 nitrogen and oxygen atoms in total. The number of halogens is 1. The number of hydrogen-bond acceptors (Lipinski definition) is 3.